The van der Waals surface area contributed by atoms with Crippen molar-refractivity contribution in [2.75, 3.05) is 11.9 Å². The number of nitrogens with one attached hydrogen (secondary N) is 2. The molecule has 1 aliphatic heterocycles. The van der Waals surface area contributed by atoms with Crippen LogP contribution in [0.1, 0.15) is 63.2 Å². The number of urea groups is 1. The van der Waals surface area contributed by atoms with Crippen LogP contribution < -0.4 is 15.4 Å². The van der Waals surface area contributed by atoms with Gasteiger partial charge in [0.1, 0.15) is 17.8 Å². The largest absolute Gasteiger partial charge is 0.425 e. The Morgan fingerprint density at radius 3 is 2.31 bits per heavy atom. The number of anilines is 1. The van der Waals surface area contributed by atoms with Gasteiger partial charge in [-0.3, -0.25) is 14.5 Å². The lowest BCUT2D eigenvalue weighted by atomic mass is 9.65. The van der Waals surface area contributed by atoms with Gasteiger partial charge >= 0.3 is 12.0 Å². The van der Waals surface area contributed by atoms with Crippen LogP contribution >= 0.6 is 0 Å². The Hall–Kier alpha value is -3.68. The van der Waals surface area contributed by atoms with Crippen LogP contribution in [0.2, 0.25) is 0 Å². The minimum absolute atomic E-state index is 0.191. The molecule has 36 heavy (non-hydrogen) atoms. The van der Waals surface area contributed by atoms with Gasteiger partial charge < -0.3 is 15.4 Å². The maximum atomic E-state index is 13.2. The van der Waals surface area contributed by atoms with E-state index in [-0.39, 0.29) is 23.0 Å². The molecule has 0 atom stereocenters. The zero-order valence-electron chi connectivity index (χ0n) is 21.0. The highest BCUT2D eigenvalue weighted by atomic mass is 16.5. The van der Waals surface area contributed by atoms with Crippen molar-refractivity contribution in [2.45, 2.75) is 58.4 Å². The van der Waals surface area contributed by atoms with Crippen LogP contribution in [0, 0.1) is 11.3 Å². The van der Waals surface area contributed by atoms with Crippen molar-refractivity contribution < 1.29 is 23.9 Å². The molecule has 0 bridgehead atoms. The zero-order chi connectivity index (χ0) is 25.9. The minimum atomic E-state index is -0.920. The number of rotatable bonds is 7. The molecule has 4 amide bonds. The first kappa shape index (κ1) is 25.4. The van der Waals surface area contributed by atoms with E-state index in [9.17, 15) is 19.2 Å². The van der Waals surface area contributed by atoms with E-state index in [0.29, 0.717) is 30.0 Å². The first-order valence-electron chi connectivity index (χ1n) is 12.4. The van der Waals surface area contributed by atoms with Crippen molar-refractivity contribution in [1.29, 1.82) is 0 Å². The highest BCUT2D eigenvalue weighted by Gasteiger charge is 2.53. The summed E-state index contributed by atoms with van der Waals surface area (Å²) in [6.07, 6.45) is 3.93. The van der Waals surface area contributed by atoms with E-state index in [2.05, 4.69) is 31.4 Å². The Morgan fingerprint density at radius 1 is 1.06 bits per heavy atom. The molecule has 190 valence electrons. The van der Waals surface area contributed by atoms with E-state index in [1.165, 1.54) is 0 Å². The number of ether oxygens (including phenoxy) is 1. The first-order chi connectivity index (χ1) is 17.1. The molecule has 2 aromatic rings. The lowest BCUT2D eigenvalue weighted by Gasteiger charge is -2.42. The zero-order valence-corrected chi connectivity index (χ0v) is 21.0. The Bertz CT molecular complexity index is 1140. The van der Waals surface area contributed by atoms with Crippen molar-refractivity contribution in [3.8, 4) is 5.75 Å². The van der Waals surface area contributed by atoms with Gasteiger partial charge in [0, 0.05) is 11.3 Å². The summed E-state index contributed by atoms with van der Waals surface area (Å²) in [4.78, 5) is 51.5. The standard InChI is InChI=1S/C28H33N3O5/c1-4-27(2,3)20-14-16-28(17-15-20)25(34)31(26(35)30-28)18-23(32)36-22-12-10-21(11-13-22)29-24(33)19-8-6-5-7-9-19/h5-13,20H,4,14-18H2,1-3H3,(H,29,33)(H,30,35). The van der Waals surface area contributed by atoms with Gasteiger partial charge in [0.25, 0.3) is 11.8 Å². The Labute approximate surface area is 211 Å². The van der Waals surface area contributed by atoms with Crippen LogP contribution in [0.3, 0.4) is 0 Å². The fraction of sp³-hybridized carbons (Fsp3) is 0.429. The van der Waals surface area contributed by atoms with E-state index >= 15 is 0 Å². The van der Waals surface area contributed by atoms with Crippen molar-refractivity contribution in [1.82, 2.24) is 10.2 Å². The Kier molecular flexibility index (Phi) is 7.15. The molecule has 4 rings (SSSR count). The maximum absolute atomic E-state index is 13.2. The van der Waals surface area contributed by atoms with Crippen LogP contribution in [0.15, 0.2) is 54.6 Å². The molecule has 0 radical (unpaired) electrons. The van der Waals surface area contributed by atoms with Crippen molar-refractivity contribution >= 4 is 29.5 Å². The number of carbonyl (C=O) groups is 4. The fourth-order valence-electron chi connectivity index (χ4n) is 5.03. The average molecular weight is 492 g/mol. The molecule has 1 saturated carbocycles. The first-order valence-corrected chi connectivity index (χ1v) is 12.4. The normalized spacial score (nSPS) is 21.9. The van der Waals surface area contributed by atoms with Crippen molar-refractivity contribution in [2.24, 2.45) is 11.3 Å². The highest BCUT2D eigenvalue weighted by molar-refractivity contribution is 6.09. The van der Waals surface area contributed by atoms with E-state index in [0.717, 1.165) is 24.2 Å². The lowest BCUT2D eigenvalue weighted by Crippen LogP contribution is -2.51. The number of hydrogen-bond acceptors (Lipinski definition) is 5. The minimum Gasteiger partial charge on any atom is -0.425 e. The molecular formula is C28H33N3O5. The highest BCUT2D eigenvalue weighted by Crippen LogP contribution is 2.45. The van der Waals surface area contributed by atoms with Crippen LogP contribution in [0.4, 0.5) is 10.5 Å². The number of amides is 4. The molecular weight excluding hydrogens is 458 g/mol. The third kappa shape index (κ3) is 5.27. The molecule has 2 aromatic carbocycles. The molecule has 8 nitrogen and oxygen atoms in total. The molecule has 0 unspecified atom stereocenters. The van der Waals surface area contributed by atoms with Gasteiger partial charge in [0.05, 0.1) is 0 Å². The molecule has 1 saturated heterocycles. The molecule has 1 heterocycles. The third-order valence-electron chi connectivity index (χ3n) is 7.77. The van der Waals surface area contributed by atoms with E-state index < -0.39 is 24.1 Å². The summed E-state index contributed by atoms with van der Waals surface area (Å²) in [6.45, 7) is 6.21. The second kappa shape index (κ2) is 10.1. The van der Waals surface area contributed by atoms with Gasteiger partial charge in [-0.25, -0.2) is 9.59 Å². The van der Waals surface area contributed by atoms with Crippen molar-refractivity contribution in [3.05, 3.63) is 60.2 Å². The van der Waals surface area contributed by atoms with Gasteiger partial charge in [-0.2, -0.15) is 0 Å². The predicted molar refractivity (Wildman–Crippen MR) is 135 cm³/mol. The van der Waals surface area contributed by atoms with Crippen molar-refractivity contribution in [3.63, 3.8) is 0 Å². The maximum Gasteiger partial charge on any atom is 0.331 e. The number of imide groups is 1. The van der Waals surface area contributed by atoms with E-state index in [4.69, 9.17) is 4.74 Å². The summed E-state index contributed by atoms with van der Waals surface area (Å²) >= 11 is 0. The van der Waals surface area contributed by atoms with E-state index in [1.807, 2.05) is 6.07 Å². The SMILES string of the molecule is CCC(C)(C)C1CCC2(CC1)NC(=O)N(CC(=O)Oc1ccc(NC(=O)c3ccccc3)cc1)C2=O. The topological polar surface area (TPSA) is 105 Å². The second-order valence-electron chi connectivity index (χ2n) is 10.3. The van der Waals surface area contributed by atoms with Crippen LogP contribution in [-0.2, 0) is 9.59 Å². The van der Waals surface area contributed by atoms with Crippen LogP contribution in [0.25, 0.3) is 0 Å². The summed E-state index contributed by atoms with van der Waals surface area (Å²) < 4.78 is 5.34. The summed E-state index contributed by atoms with van der Waals surface area (Å²) in [5.41, 5.74) is 0.343. The summed E-state index contributed by atoms with van der Waals surface area (Å²) in [5, 5.41) is 5.63. The van der Waals surface area contributed by atoms with Crippen LogP contribution in [-0.4, -0.2) is 40.8 Å². The number of hydrogen-bond donors (Lipinski definition) is 2. The van der Waals surface area contributed by atoms with Crippen LogP contribution in [0.5, 0.6) is 5.75 Å². The number of nitrogens with zero attached hydrogens (tertiary/aromatic N) is 1. The second-order valence-corrected chi connectivity index (χ2v) is 10.3. The molecule has 0 aromatic heterocycles. The Morgan fingerprint density at radius 2 is 1.69 bits per heavy atom. The van der Waals surface area contributed by atoms with Gasteiger partial charge in [-0.1, -0.05) is 45.4 Å². The van der Waals surface area contributed by atoms with Gasteiger partial charge in [0.2, 0.25) is 0 Å². The summed E-state index contributed by atoms with van der Waals surface area (Å²) in [6, 6.07) is 14.6. The number of benzene rings is 2. The molecule has 2 aliphatic rings. The summed E-state index contributed by atoms with van der Waals surface area (Å²) in [7, 11) is 0. The monoisotopic (exact) mass is 491 g/mol. The van der Waals surface area contributed by atoms with E-state index in [1.54, 1.807) is 48.5 Å². The molecule has 2 N–H and O–H groups in total. The number of esters is 1. The third-order valence-corrected chi connectivity index (χ3v) is 7.77. The molecule has 1 aliphatic carbocycles. The predicted octanol–water partition coefficient (Wildman–Crippen LogP) is 4.76. The van der Waals surface area contributed by atoms with Gasteiger partial charge in [0.15, 0.2) is 0 Å². The smallest absolute Gasteiger partial charge is 0.331 e. The quantitative estimate of drug-likeness (QED) is 0.330. The molecule has 8 heteroatoms. The average Bonchev–Trinajstić information content (AvgIpc) is 3.09. The Balaban J connectivity index is 1.31. The fourth-order valence-corrected chi connectivity index (χ4v) is 5.03. The van der Waals surface area contributed by atoms with Gasteiger partial charge in [-0.05, 0) is 73.4 Å². The van der Waals surface area contributed by atoms with Gasteiger partial charge in [-0.15, -0.1) is 0 Å². The number of carbonyl (C=O) groups excluding carboxylic acids is 4. The lowest BCUT2D eigenvalue weighted by molar-refractivity contribution is -0.141. The molecule has 1 spiro atoms. The molecule has 2 fully saturated rings. The summed E-state index contributed by atoms with van der Waals surface area (Å²) in [5.74, 6) is -0.562.